The van der Waals surface area contributed by atoms with Crippen molar-refractivity contribution >= 4 is 15.9 Å². The van der Waals surface area contributed by atoms with Gasteiger partial charge < -0.3 is 10.6 Å². The molecule has 21 heavy (non-hydrogen) atoms. The zero-order chi connectivity index (χ0) is 15.0. The van der Waals surface area contributed by atoms with Crippen molar-refractivity contribution in [1.82, 2.24) is 9.80 Å². The van der Waals surface area contributed by atoms with Crippen molar-refractivity contribution in [3.63, 3.8) is 0 Å². The van der Waals surface area contributed by atoms with E-state index >= 15 is 0 Å². The van der Waals surface area contributed by atoms with Gasteiger partial charge in [0.2, 0.25) is 9.84 Å². The van der Waals surface area contributed by atoms with Gasteiger partial charge in [-0.15, -0.1) is 0 Å². The van der Waals surface area contributed by atoms with Crippen molar-refractivity contribution in [3.05, 3.63) is 34.2 Å². The fraction of sp³-hybridized carbons (Fsp3) is 0.467. The van der Waals surface area contributed by atoms with Crippen LogP contribution in [-0.2, 0) is 16.4 Å². The van der Waals surface area contributed by atoms with Crippen LogP contribution >= 0.6 is 0 Å². The molecule has 0 aliphatic carbocycles. The number of rotatable bonds is 3. The summed E-state index contributed by atoms with van der Waals surface area (Å²) < 4.78 is 25.2. The highest BCUT2D eigenvalue weighted by Crippen LogP contribution is 2.33. The molecule has 0 unspecified atom stereocenters. The number of hydrogen-bond acceptors (Lipinski definition) is 5. The molecule has 2 heterocycles. The summed E-state index contributed by atoms with van der Waals surface area (Å²) in [5, 5.41) is 0. The molecule has 0 aromatic heterocycles. The second-order valence-electron chi connectivity index (χ2n) is 5.77. The van der Waals surface area contributed by atoms with Gasteiger partial charge in [0.15, 0.2) is 0 Å². The molecule has 2 aliphatic rings. The third kappa shape index (κ3) is 2.76. The summed E-state index contributed by atoms with van der Waals surface area (Å²) >= 11 is 0. The normalized spacial score (nSPS) is 22.1. The Bertz CT molecular complexity index is 674. The van der Waals surface area contributed by atoms with E-state index in [0.717, 1.165) is 37.3 Å². The summed E-state index contributed by atoms with van der Waals surface area (Å²) in [4.78, 5) is 5.40. The number of piperazine rings is 1. The minimum atomic E-state index is -3.32. The molecular weight excluding hydrogens is 286 g/mol. The van der Waals surface area contributed by atoms with Gasteiger partial charge in [0.25, 0.3) is 0 Å². The van der Waals surface area contributed by atoms with Crippen LogP contribution in [0.5, 0.6) is 0 Å². The standard InChI is InChI=1S/C15H21N3O2S/c1-17-4-6-18(7-5-17)11-14-9-13-8-12(10-16)2-3-15(13)21(14,19)20/h2-3,8-9H,4-7,10-11,16H2,1H3. The molecule has 0 bridgehead atoms. The van der Waals surface area contributed by atoms with Crippen LogP contribution in [0.15, 0.2) is 28.0 Å². The van der Waals surface area contributed by atoms with Crippen LogP contribution in [0.25, 0.3) is 6.08 Å². The van der Waals surface area contributed by atoms with Crippen LogP contribution in [0.1, 0.15) is 11.1 Å². The molecule has 5 nitrogen and oxygen atoms in total. The average Bonchev–Trinajstić information content (AvgIpc) is 2.72. The van der Waals surface area contributed by atoms with Crippen LogP contribution in [0, 0.1) is 0 Å². The monoisotopic (exact) mass is 307 g/mol. The van der Waals surface area contributed by atoms with E-state index in [-0.39, 0.29) is 0 Å². The number of benzene rings is 1. The molecule has 2 N–H and O–H groups in total. The van der Waals surface area contributed by atoms with Gasteiger partial charge in [-0.2, -0.15) is 0 Å². The lowest BCUT2D eigenvalue weighted by molar-refractivity contribution is 0.166. The van der Waals surface area contributed by atoms with E-state index in [4.69, 9.17) is 5.73 Å². The average molecular weight is 307 g/mol. The van der Waals surface area contributed by atoms with Gasteiger partial charge in [0, 0.05) is 39.3 Å². The first-order valence-electron chi connectivity index (χ1n) is 7.20. The quantitative estimate of drug-likeness (QED) is 0.882. The van der Waals surface area contributed by atoms with Crippen molar-refractivity contribution < 1.29 is 8.42 Å². The molecule has 0 spiro atoms. The van der Waals surface area contributed by atoms with Crippen molar-refractivity contribution in [3.8, 4) is 0 Å². The zero-order valence-corrected chi connectivity index (χ0v) is 13.1. The highest BCUT2D eigenvalue weighted by Gasteiger charge is 2.31. The van der Waals surface area contributed by atoms with Crippen LogP contribution in [0.3, 0.4) is 0 Å². The number of nitrogens with zero attached hydrogens (tertiary/aromatic N) is 2. The Labute approximate surface area is 125 Å². The van der Waals surface area contributed by atoms with Gasteiger partial charge in [0.1, 0.15) is 0 Å². The molecule has 1 fully saturated rings. The van der Waals surface area contributed by atoms with Crippen molar-refractivity contribution in [2.45, 2.75) is 11.4 Å². The predicted molar refractivity (Wildman–Crippen MR) is 83.4 cm³/mol. The fourth-order valence-electron chi connectivity index (χ4n) is 2.83. The molecule has 1 saturated heterocycles. The number of likely N-dealkylation sites (N-methyl/N-ethyl adjacent to an activating group) is 1. The van der Waals surface area contributed by atoms with E-state index < -0.39 is 9.84 Å². The van der Waals surface area contributed by atoms with E-state index in [1.54, 1.807) is 12.1 Å². The molecule has 1 aromatic rings. The lowest BCUT2D eigenvalue weighted by atomic mass is 10.1. The topological polar surface area (TPSA) is 66.6 Å². The third-order valence-electron chi connectivity index (χ3n) is 4.24. The molecule has 3 rings (SSSR count). The molecule has 6 heteroatoms. The van der Waals surface area contributed by atoms with E-state index in [9.17, 15) is 8.42 Å². The summed E-state index contributed by atoms with van der Waals surface area (Å²) in [6.07, 6.45) is 1.81. The summed E-state index contributed by atoms with van der Waals surface area (Å²) in [6.45, 7) is 4.72. The maximum Gasteiger partial charge on any atom is 0.204 e. The molecule has 0 saturated carbocycles. The van der Waals surface area contributed by atoms with Crippen molar-refractivity contribution in [1.29, 1.82) is 0 Å². The van der Waals surface area contributed by atoms with Crippen LogP contribution in [0.4, 0.5) is 0 Å². The van der Waals surface area contributed by atoms with E-state index in [1.807, 2.05) is 12.1 Å². The molecule has 114 valence electrons. The summed E-state index contributed by atoms with van der Waals surface area (Å²) in [6, 6.07) is 5.35. The number of sulfone groups is 1. The summed E-state index contributed by atoms with van der Waals surface area (Å²) in [5.41, 5.74) is 7.36. The lowest BCUT2D eigenvalue weighted by Gasteiger charge is -2.32. The Morgan fingerprint density at radius 1 is 1.19 bits per heavy atom. The highest BCUT2D eigenvalue weighted by atomic mass is 32.2. The van der Waals surface area contributed by atoms with E-state index in [2.05, 4.69) is 16.8 Å². The van der Waals surface area contributed by atoms with Gasteiger partial charge in [0.05, 0.1) is 9.80 Å². The van der Waals surface area contributed by atoms with Gasteiger partial charge in [-0.3, -0.25) is 4.90 Å². The number of hydrogen-bond donors (Lipinski definition) is 1. The van der Waals surface area contributed by atoms with Gasteiger partial charge in [-0.1, -0.05) is 6.07 Å². The number of nitrogens with two attached hydrogens (primary N) is 1. The Hall–Kier alpha value is -1.21. The maximum atomic E-state index is 12.6. The van der Waals surface area contributed by atoms with Crippen molar-refractivity contribution in [2.24, 2.45) is 5.73 Å². The first-order valence-corrected chi connectivity index (χ1v) is 8.68. The van der Waals surface area contributed by atoms with Crippen molar-refractivity contribution in [2.75, 3.05) is 39.8 Å². The Balaban J connectivity index is 1.83. The minimum Gasteiger partial charge on any atom is -0.326 e. The van der Waals surface area contributed by atoms with Gasteiger partial charge in [-0.25, -0.2) is 8.42 Å². The molecular formula is C15H21N3O2S. The van der Waals surface area contributed by atoms with Gasteiger partial charge >= 0.3 is 0 Å². The molecule has 0 atom stereocenters. The Morgan fingerprint density at radius 2 is 1.90 bits per heavy atom. The molecule has 0 amide bonds. The second kappa shape index (κ2) is 5.53. The summed E-state index contributed by atoms with van der Waals surface area (Å²) in [5.74, 6) is 0. The van der Waals surface area contributed by atoms with Crippen LogP contribution in [0.2, 0.25) is 0 Å². The van der Waals surface area contributed by atoms with Gasteiger partial charge in [-0.05, 0) is 36.4 Å². The van der Waals surface area contributed by atoms with E-state index in [0.29, 0.717) is 22.9 Å². The predicted octanol–water partition coefficient (Wildman–Crippen LogP) is 0.521. The largest absolute Gasteiger partial charge is 0.326 e. The highest BCUT2D eigenvalue weighted by molar-refractivity contribution is 7.95. The second-order valence-corrected chi connectivity index (χ2v) is 7.74. The van der Waals surface area contributed by atoms with Crippen LogP contribution < -0.4 is 5.73 Å². The SMILES string of the molecule is CN1CCN(CC2=Cc3cc(CN)ccc3S2(=O)=O)CC1. The number of fused-ring (bicyclic) bond motifs is 1. The molecule has 0 radical (unpaired) electrons. The molecule has 2 aliphatic heterocycles. The third-order valence-corrected chi connectivity index (χ3v) is 6.12. The van der Waals surface area contributed by atoms with Crippen LogP contribution in [-0.4, -0.2) is 58.0 Å². The Morgan fingerprint density at radius 3 is 2.57 bits per heavy atom. The zero-order valence-electron chi connectivity index (χ0n) is 12.2. The van der Waals surface area contributed by atoms with E-state index in [1.165, 1.54) is 0 Å². The maximum absolute atomic E-state index is 12.6. The summed E-state index contributed by atoms with van der Waals surface area (Å²) in [7, 11) is -1.23. The Kier molecular flexibility index (Phi) is 3.88. The lowest BCUT2D eigenvalue weighted by Crippen LogP contribution is -2.45. The smallest absolute Gasteiger partial charge is 0.204 e. The first kappa shape index (κ1) is 14.7. The fourth-order valence-corrected chi connectivity index (χ4v) is 4.42. The first-order chi connectivity index (χ1) is 10.0. The minimum absolute atomic E-state index is 0.420. The molecule has 1 aromatic carbocycles.